The lowest BCUT2D eigenvalue weighted by atomic mass is 9.93. The van der Waals surface area contributed by atoms with E-state index in [-0.39, 0.29) is 0 Å². The van der Waals surface area contributed by atoms with Crippen molar-refractivity contribution in [2.75, 3.05) is 26.7 Å². The predicted octanol–water partition coefficient (Wildman–Crippen LogP) is 5.26. The highest BCUT2D eigenvalue weighted by Gasteiger charge is 2.29. The smallest absolute Gasteiger partial charge is 0.127 e. The molecule has 3 heterocycles. The normalized spacial score (nSPS) is 27.1. The highest BCUT2D eigenvalue weighted by atomic mass is 15.2. The van der Waals surface area contributed by atoms with Crippen molar-refractivity contribution in [3.05, 3.63) is 65.6 Å². The fourth-order valence-corrected chi connectivity index (χ4v) is 5.39. The first-order valence-corrected chi connectivity index (χ1v) is 12.0. The van der Waals surface area contributed by atoms with Crippen LogP contribution in [0.5, 0.6) is 0 Å². The quantitative estimate of drug-likeness (QED) is 0.708. The summed E-state index contributed by atoms with van der Waals surface area (Å²) >= 11 is 0. The number of allylic oxidation sites excluding steroid dienone is 2. The summed E-state index contributed by atoms with van der Waals surface area (Å²) in [6.07, 6.45) is 14.2. The molecule has 0 saturated carbocycles. The molecule has 1 aromatic rings. The second kappa shape index (κ2) is 9.86. The third-order valence-corrected chi connectivity index (χ3v) is 7.18. The molecule has 3 aliphatic rings. The number of benzene rings is 1. The summed E-state index contributed by atoms with van der Waals surface area (Å²) in [5, 5.41) is 3.58. The molecule has 166 valence electrons. The zero-order valence-corrected chi connectivity index (χ0v) is 19.5. The van der Waals surface area contributed by atoms with Crippen molar-refractivity contribution < 1.29 is 0 Å². The maximum absolute atomic E-state index is 4.94. The van der Waals surface area contributed by atoms with Gasteiger partial charge in [-0.25, -0.2) is 0 Å². The third kappa shape index (κ3) is 5.12. The summed E-state index contributed by atoms with van der Waals surface area (Å²) in [4.78, 5) is 9.79. The van der Waals surface area contributed by atoms with E-state index >= 15 is 0 Å². The molecule has 4 rings (SSSR count). The number of fused-ring (bicyclic) bond motifs is 1. The molecular formula is C27H38N4. The van der Waals surface area contributed by atoms with Gasteiger partial charge in [-0.05, 0) is 88.6 Å². The Balaban J connectivity index is 1.46. The van der Waals surface area contributed by atoms with Crippen molar-refractivity contribution in [3.63, 3.8) is 0 Å². The molecule has 2 saturated heterocycles. The van der Waals surface area contributed by atoms with Crippen LogP contribution in [0.15, 0.2) is 53.9 Å². The van der Waals surface area contributed by atoms with Crippen LogP contribution in [0.25, 0.3) is 5.57 Å². The van der Waals surface area contributed by atoms with E-state index in [1.54, 1.807) is 0 Å². The molecule has 31 heavy (non-hydrogen) atoms. The standard InChI is InChI=1S/C27H38N4/c1-5-24(25-18-20(2)10-11-21(25)3)27-29-26(13-17-30(27)4)28-14-12-22-8-6-15-31-16-7-9-23(31)19-22/h5,10-11,13,17-18,22-23H,1,6-9,12,14-16,19H2,2-4H3,(H,28,29)/b27-24+. The number of rotatable bonds is 5. The van der Waals surface area contributed by atoms with Gasteiger partial charge in [-0.1, -0.05) is 36.4 Å². The molecule has 0 aliphatic carbocycles. The highest BCUT2D eigenvalue weighted by Crippen LogP contribution is 2.31. The fraction of sp³-hybridized carbons (Fsp3) is 0.519. The van der Waals surface area contributed by atoms with Gasteiger partial charge < -0.3 is 15.1 Å². The first-order chi connectivity index (χ1) is 15.0. The molecule has 0 aromatic heterocycles. The van der Waals surface area contributed by atoms with Crippen molar-refractivity contribution in [2.45, 2.75) is 58.4 Å². The minimum absolute atomic E-state index is 0.821. The summed E-state index contributed by atoms with van der Waals surface area (Å²) in [5.74, 6) is 2.82. The Hall–Kier alpha value is -2.33. The van der Waals surface area contributed by atoms with E-state index < -0.39 is 0 Å². The van der Waals surface area contributed by atoms with E-state index in [0.717, 1.165) is 35.7 Å². The predicted molar refractivity (Wildman–Crippen MR) is 132 cm³/mol. The number of hydrogen-bond donors (Lipinski definition) is 1. The lowest BCUT2D eigenvalue weighted by Crippen LogP contribution is -2.35. The van der Waals surface area contributed by atoms with Crippen molar-refractivity contribution in [2.24, 2.45) is 10.9 Å². The lowest BCUT2D eigenvalue weighted by Gasteiger charge is -2.28. The average molecular weight is 419 g/mol. The molecule has 0 bridgehead atoms. The van der Waals surface area contributed by atoms with Crippen molar-refractivity contribution in [3.8, 4) is 0 Å². The van der Waals surface area contributed by atoms with E-state index in [1.165, 1.54) is 68.3 Å². The van der Waals surface area contributed by atoms with Crippen LogP contribution in [0.2, 0.25) is 0 Å². The Morgan fingerprint density at radius 2 is 2.03 bits per heavy atom. The largest absolute Gasteiger partial charge is 0.337 e. The minimum atomic E-state index is 0.821. The van der Waals surface area contributed by atoms with Crippen LogP contribution in [0, 0.1) is 19.8 Å². The summed E-state index contributed by atoms with van der Waals surface area (Å²) < 4.78 is 0. The first kappa shape index (κ1) is 21.9. The summed E-state index contributed by atoms with van der Waals surface area (Å²) in [6.45, 7) is 11.9. The van der Waals surface area contributed by atoms with Gasteiger partial charge in [0.2, 0.25) is 0 Å². The zero-order chi connectivity index (χ0) is 21.8. The van der Waals surface area contributed by atoms with E-state index in [2.05, 4.69) is 73.1 Å². The molecule has 0 spiro atoms. The number of aryl methyl sites for hydroxylation is 2. The summed E-state index contributed by atoms with van der Waals surface area (Å²) in [6, 6.07) is 7.42. The van der Waals surface area contributed by atoms with Crippen molar-refractivity contribution >= 4 is 11.4 Å². The molecule has 2 unspecified atom stereocenters. The molecule has 1 aromatic carbocycles. The van der Waals surface area contributed by atoms with Gasteiger partial charge in [0, 0.05) is 31.4 Å². The molecule has 2 fully saturated rings. The van der Waals surface area contributed by atoms with Crippen molar-refractivity contribution in [1.82, 2.24) is 15.1 Å². The topological polar surface area (TPSA) is 30.9 Å². The second-order valence-corrected chi connectivity index (χ2v) is 9.47. The van der Waals surface area contributed by atoms with Gasteiger partial charge in [-0.3, -0.25) is 4.99 Å². The Bertz CT molecular complexity index is 894. The highest BCUT2D eigenvalue weighted by molar-refractivity contribution is 5.97. The summed E-state index contributed by atoms with van der Waals surface area (Å²) in [5.41, 5.74) is 4.85. The van der Waals surface area contributed by atoms with Crippen molar-refractivity contribution in [1.29, 1.82) is 0 Å². The van der Waals surface area contributed by atoms with Crippen LogP contribution >= 0.6 is 0 Å². The van der Waals surface area contributed by atoms with Crippen LogP contribution in [-0.4, -0.2) is 48.4 Å². The molecule has 4 heteroatoms. The minimum Gasteiger partial charge on any atom is -0.337 e. The molecule has 1 N–H and O–H groups in total. The molecule has 3 aliphatic heterocycles. The maximum Gasteiger partial charge on any atom is 0.127 e. The average Bonchev–Trinajstić information content (AvgIpc) is 3.10. The van der Waals surface area contributed by atoms with Gasteiger partial charge in [0.25, 0.3) is 0 Å². The fourth-order valence-electron chi connectivity index (χ4n) is 5.39. The van der Waals surface area contributed by atoms with Crippen LogP contribution in [0.3, 0.4) is 0 Å². The summed E-state index contributed by atoms with van der Waals surface area (Å²) in [7, 11) is 2.07. The number of amidine groups is 1. The van der Waals surface area contributed by atoms with Gasteiger partial charge in [0.15, 0.2) is 0 Å². The molecule has 4 nitrogen and oxygen atoms in total. The van der Waals surface area contributed by atoms with E-state index in [1.807, 2.05) is 6.08 Å². The van der Waals surface area contributed by atoms with Gasteiger partial charge in [0.1, 0.15) is 11.7 Å². The van der Waals surface area contributed by atoms with E-state index in [9.17, 15) is 0 Å². The number of aliphatic imine (C=N–C) groups is 1. The second-order valence-electron chi connectivity index (χ2n) is 9.47. The van der Waals surface area contributed by atoms with Crippen LogP contribution in [0.4, 0.5) is 0 Å². The molecule has 0 amide bonds. The zero-order valence-electron chi connectivity index (χ0n) is 19.5. The van der Waals surface area contributed by atoms with Crippen LogP contribution < -0.4 is 5.32 Å². The Labute approximate surface area is 188 Å². The Morgan fingerprint density at radius 1 is 1.23 bits per heavy atom. The lowest BCUT2D eigenvalue weighted by molar-refractivity contribution is 0.248. The maximum atomic E-state index is 4.94. The SMILES string of the molecule is C=C/C(=C1/NC(=NCCC2CCCN3CCCC3C2)C=CN1C)c1cc(C)ccc1C. The Kier molecular flexibility index (Phi) is 6.96. The van der Waals surface area contributed by atoms with Crippen LogP contribution in [0.1, 0.15) is 55.2 Å². The first-order valence-electron chi connectivity index (χ1n) is 12.0. The van der Waals surface area contributed by atoms with Gasteiger partial charge in [0.05, 0.1) is 0 Å². The van der Waals surface area contributed by atoms with Gasteiger partial charge >= 0.3 is 0 Å². The molecular weight excluding hydrogens is 380 g/mol. The van der Waals surface area contributed by atoms with Crippen LogP contribution in [-0.2, 0) is 0 Å². The van der Waals surface area contributed by atoms with Gasteiger partial charge in [-0.2, -0.15) is 0 Å². The monoisotopic (exact) mass is 418 g/mol. The Morgan fingerprint density at radius 3 is 2.84 bits per heavy atom. The third-order valence-electron chi connectivity index (χ3n) is 7.18. The van der Waals surface area contributed by atoms with Gasteiger partial charge in [-0.15, -0.1) is 0 Å². The van der Waals surface area contributed by atoms with E-state index in [4.69, 9.17) is 4.99 Å². The number of nitrogens with one attached hydrogen (secondary N) is 1. The molecule has 2 atom stereocenters. The number of nitrogens with zero attached hydrogens (tertiary/aromatic N) is 3. The number of hydrogen-bond acceptors (Lipinski definition) is 3. The van der Waals surface area contributed by atoms with E-state index in [0.29, 0.717) is 0 Å². The molecule has 0 radical (unpaired) electrons.